The number of urea groups is 1. The summed E-state index contributed by atoms with van der Waals surface area (Å²) in [5, 5.41) is 8.80. The zero-order valence-electron chi connectivity index (χ0n) is 23.3. The van der Waals surface area contributed by atoms with Crippen LogP contribution < -0.4 is 20.7 Å². The van der Waals surface area contributed by atoms with Crippen LogP contribution in [0.2, 0.25) is 0 Å². The van der Waals surface area contributed by atoms with Gasteiger partial charge in [-0.2, -0.15) is 0 Å². The van der Waals surface area contributed by atoms with Gasteiger partial charge in [-0.1, -0.05) is 57.7 Å². The summed E-state index contributed by atoms with van der Waals surface area (Å²) in [5.41, 5.74) is 3.33. The number of nitrogens with one attached hydrogen (secondary N) is 3. The summed E-state index contributed by atoms with van der Waals surface area (Å²) in [5.74, 6) is 0.525. The number of anilines is 3. The van der Waals surface area contributed by atoms with Gasteiger partial charge < -0.3 is 20.7 Å². The van der Waals surface area contributed by atoms with Crippen molar-refractivity contribution in [2.24, 2.45) is 5.92 Å². The van der Waals surface area contributed by atoms with E-state index in [9.17, 15) is 14.4 Å². The average molecular weight is 559 g/mol. The van der Waals surface area contributed by atoms with Crippen molar-refractivity contribution in [3.8, 4) is 5.75 Å². The topological polar surface area (TPSA) is 99.8 Å². The Morgan fingerprint density at radius 1 is 0.850 bits per heavy atom. The predicted molar refractivity (Wildman–Crippen MR) is 161 cm³/mol. The van der Waals surface area contributed by atoms with Crippen molar-refractivity contribution < 1.29 is 19.1 Å². The van der Waals surface area contributed by atoms with Gasteiger partial charge in [0.25, 0.3) is 11.8 Å². The van der Waals surface area contributed by atoms with E-state index < -0.39 is 6.03 Å². The number of hydrogen-bond donors (Lipinski definition) is 3. The number of ether oxygens (including phenoxy) is 1. The number of hydrogen-bond acceptors (Lipinski definition) is 6. The van der Waals surface area contributed by atoms with Gasteiger partial charge in [0.15, 0.2) is 0 Å². The van der Waals surface area contributed by atoms with Crippen LogP contribution in [0.5, 0.6) is 5.75 Å². The van der Waals surface area contributed by atoms with Crippen LogP contribution in [-0.2, 0) is 9.59 Å². The van der Waals surface area contributed by atoms with Gasteiger partial charge in [-0.25, -0.2) is 4.79 Å². The minimum Gasteiger partial charge on any atom is -0.497 e. The van der Waals surface area contributed by atoms with E-state index in [0.717, 1.165) is 5.69 Å². The summed E-state index contributed by atoms with van der Waals surface area (Å²) >= 11 is 1.20. The van der Waals surface area contributed by atoms with Gasteiger partial charge in [-0.3, -0.25) is 14.5 Å². The molecule has 0 saturated carbocycles. The van der Waals surface area contributed by atoms with E-state index in [4.69, 9.17) is 4.74 Å². The number of carbonyl (C=O) groups excluding carboxylic acids is 3. The molecule has 3 N–H and O–H groups in total. The minimum absolute atomic E-state index is 0.126. The van der Waals surface area contributed by atoms with E-state index in [2.05, 4.69) is 29.8 Å². The van der Waals surface area contributed by atoms with Gasteiger partial charge in [0.2, 0.25) is 0 Å². The van der Waals surface area contributed by atoms with Crippen LogP contribution in [0, 0.1) is 5.92 Å². The Hall–Kier alpha value is -4.24. The SMILES string of the molecule is COc1ccc(NC(=O)Nc2cccc(SC3=C(Nc4ccc(C(C)C)cc4)C(=O)N(CC(C)C)C3=O)c2)cc1. The number of methoxy groups -OCH3 is 1. The van der Waals surface area contributed by atoms with Crippen molar-refractivity contribution in [2.45, 2.75) is 38.5 Å². The van der Waals surface area contributed by atoms with Gasteiger partial charge in [-0.15, -0.1) is 0 Å². The van der Waals surface area contributed by atoms with E-state index in [1.165, 1.54) is 22.2 Å². The second-order valence-corrected chi connectivity index (χ2v) is 11.2. The van der Waals surface area contributed by atoms with Crippen molar-refractivity contribution in [1.29, 1.82) is 0 Å². The molecule has 40 heavy (non-hydrogen) atoms. The third kappa shape index (κ3) is 7.04. The van der Waals surface area contributed by atoms with E-state index in [1.807, 2.05) is 44.2 Å². The standard InChI is InChI=1S/C31H34N4O4S/c1-19(2)18-35-29(36)27(32-22-11-9-21(10-12-22)20(3)4)28(30(35)37)40-26-8-6-7-24(17-26)34-31(38)33-23-13-15-25(39-5)16-14-23/h6-17,19-20,32H,18H2,1-5H3,(H2,33,34,38). The number of thioether (sulfide) groups is 1. The summed E-state index contributed by atoms with van der Waals surface area (Å²) in [7, 11) is 1.58. The Morgan fingerprint density at radius 3 is 2.12 bits per heavy atom. The molecule has 0 aromatic heterocycles. The molecule has 0 saturated heterocycles. The molecule has 0 fully saturated rings. The van der Waals surface area contributed by atoms with Crippen LogP contribution in [0.3, 0.4) is 0 Å². The summed E-state index contributed by atoms with van der Waals surface area (Å²) in [6, 6.07) is 21.6. The van der Waals surface area contributed by atoms with Gasteiger partial charge in [-0.05, 0) is 72.0 Å². The fraction of sp³-hybridized carbons (Fsp3) is 0.258. The molecule has 4 amide bonds. The third-order valence-electron chi connectivity index (χ3n) is 6.18. The molecule has 1 heterocycles. The monoisotopic (exact) mass is 558 g/mol. The van der Waals surface area contributed by atoms with Crippen molar-refractivity contribution >= 4 is 46.7 Å². The summed E-state index contributed by atoms with van der Waals surface area (Å²) in [6.07, 6.45) is 0. The summed E-state index contributed by atoms with van der Waals surface area (Å²) < 4.78 is 5.14. The number of rotatable bonds is 10. The lowest BCUT2D eigenvalue weighted by atomic mass is 10.0. The van der Waals surface area contributed by atoms with Crippen LogP contribution in [0.25, 0.3) is 0 Å². The highest BCUT2D eigenvalue weighted by atomic mass is 32.2. The zero-order chi connectivity index (χ0) is 28.8. The molecule has 8 nitrogen and oxygen atoms in total. The first-order chi connectivity index (χ1) is 19.1. The lowest BCUT2D eigenvalue weighted by molar-refractivity contribution is -0.137. The highest BCUT2D eigenvalue weighted by molar-refractivity contribution is 8.04. The van der Waals surface area contributed by atoms with Crippen LogP contribution in [0.1, 0.15) is 39.2 Å². The first-order valence-corrected chi connectivity index (χ1v) is 13.9. The molecule has 4 rings (SSSR count). The molecular weight excluding hydrogens is 524 g/mol. The Kier molecular flexibility index (Phi) is 9.16. The number of benzene rings is 3. The maximum atomic E-state index is 13.4. The van der Waals surface area contributed by atoms with E-state index in [0.29, 0.717) is 39.4 Å². The normalized spacial score (nSPS) is 13.3. The van der Waals surface area contributed by atoms with Crippen molar-refractivity contribution in [2.75, 3.05) is 29.6 Å². The predicted octanol–water partition coefficient (Wildman–Crippen LogP) is 6.90. The quantitative estimate of drug-likeness (QED) is 0.234. The van der Waals surface area contributed by atoms with E-state index in [-0.39, 0.29) is 23.4 Å². The first-order valence-electron chi connectivity index (χ1n) is 13.1. The molecule has 3 aromatic carbocycles. The summed E-state index contributed by atoms with van der Waals surface area (Å²) in [6.45, 7) is 8.50. The highest BCUT2D eigenvalue weighted by Gasteiger charge is 2.39. The van der Waals surface area contributed by atoms with Gasteiger partial charge >= 0.3 is 6.03 Å². The summed E-state index contributed by atoms with van der Waals surface area (Å²) in [4.78, 5) is 41.7. The van der Waals surface area contributed by atoms with Gasteiger partial charge in [0.1, 0.15) is 16.4 Å². The molecule has 0 aliphatic carbocycles. The zero-order valence-corrected chi connectivity index (χ0v) is 24.1. The first kappa shape index (κ1) is 28.8. The van der Waals surface area contributed by atoms with Crippen LogP contribution in [0.4, 0.5) is 21.9 Å². The van der Waals surface area contributed by atoms with E-state index >= 15 is 0 Å². The maximum Gasteiger partial charge on any atom is 0.323 e. The second-order valence-electron chi connectivity index (χ2n) is 10.2. The number of nitrogens with zero attached hydrogens (tertiary/aromatic N) is 1. The van der Waals surface area contributed by atoms with Gasteiger partial charge in [0, 0.05) is 28.5 Å². The fourth-order valence-corrected chi connectivity index (χ4v) is 5.11. The molecule has 0 bridgehead atoms. The number of carbonyl (C=O) groups is 3. The Morgan fingerprint density at radius 2 is 1.50 bits per heavy atom. The van der Waals surface area contributed by atoms with Crippen LogP contribution >= 0.6 is 11.8 Å². The molecule has 3 aromatic rings. The molecule has 0 spiro atoms. The highest BCUT2D eigenvalue weighted by Crippen LogP contribution is 2.37. The molecule has 208 valence electrons. The molecule has 0 atom stereocenters. The molecular formula is C31H34N4O4S. The molecule has 1 aliphatic heterocycles. The fourth-order valence-electron chi connectivity index (χ4n) is 4.11. The van der Waals surface area contributed by atoms with Crippen LogP contribution in [-0.4, -0.2) is 36.4 Å². The van der Waals surface area contributed by atoms with Crippen molar-refractivity contribution in [3.63, 3.8) is 0 Å². The van der Waals surface area contributed by atoms with Crippen molar-refractivity contribution in [3.05, 3.63) is 89.0 Å². The van der Waals surface area contributed by atoms with Gasteiger partial charge in [0.05, 0.1) is 7.11 Å². The lowest BCUT2D eigenvalue weighted by Crippen LogP contribution is -2.35. The Labute approximate surface area is 239 Å². The van der Waals surface area contributed by atoms with E-state index in [1.54, 1.807) is 49.6 Å². The number of amides is 4. The molecule has 1 aliphatic rings. The Bertz CT molecular complexity index is 1420. The van der Waals surface area contributed by atoms with Crippen molar-refractivity contribution in [1.82, 2.24) is 4.90 Å². The molecule has 0 radical (unpaired) electrons. The second kappa shape index (κ2) is 12.7. The maximum absolute atomic E-state index is 13.4. The minimum atomic E-state index is -0.408. The average Bonchev–Trinajstić information content (AvgIpc) is 3.13. The molecule has 9 heteroatoms. The third-order valence-corrected chi connectivity index (χ3v) is 7.25. The molecule has 0 unspecified atom stereocenters. The number of imide groups is 1. The Balaban J connectivity index is 1.54. The largest absolute Gasteiger partial charge is 0.497 e. The smallest absolute Gasteiger partial charge is 0.323 e. The van der Waals surface area contributed by atoms with Crippen LogP contribution in [0.15, 0.2) is 88.3 Å². The lowest BCUT2D eigenvalue weighted by Gasteiger charge is -2.17.